The van der Waals surface area contributed by atoms with Gasteiger partial charge in [0.2, 0.25) is 0 Å². The first-order chi connectivity index (χ1) is 7.46. The zero-order chi connectivity index (χ0) is 13.7. The van der Waals surface area contributed by atoms with E-state index in [2.05, 4.69) is 39.6 Å². The van der Waals surface area contributed by atoms with Crippen LogP contribution < -0.4 is 0 Å². The first kappa shape index (κ1) is 16.7. The van der Waals surface area contributed by atoms with Crippen LogP contribution in [0, 0.1) is 0 Å². The van der Waals surface area contributed by atoms with Crippen LogP contribution in [0.5, 0.6) is 0 Å². The molecule has 2 nitrogen and oxygen atoms in total. The van der Waals surface area contributed by atoms with Crippen molar-refractivity contribution in [2.24, 2.45) is 0 Å². The Morgan fingerprint density at radius 1 is 1.18 bits per heavy atom. The summed E-state index contributed by atoms with van der Waals surface area (Å²) in [4.78, 5) is 0. The summed E-state index contributed by atoms with van der Waals surface area (Å²) in [5.41, 5.74) is 2.20. The van der Waals surface area contributed by atoms with Crippen molar-refractivity contribution in [2.45, 2.75) is 64.8 Å². The molecule has 0 aliphatic carbocycles. The maximum Gasteiger partial charge on any atom is 0.191 e. The fraction of sp³-hybridized carbons (Fsp3) is 0.786. The van der Waals surface area contributed by atoms with E-state index in [-0.39, 0.29) is 5.04 Å². The second kappa shape index (κ2) is 6.01. The van der Waals surface area contributed by atoms with Crippen LogP contribution in [0.4, 0.5) is 0 Å². The van der Waals surface area contributed by atoms with Gasteiger partial charge in [0.05, 0.1) is 5.60 Å². The maximum atomic E-state index is 9.45. The van der Waals surface area contributed by atoms with Gasteiger partial charge in [-0.15, -0.1) is 5.73 Å². The van der Waals surface area contributed by atoms with Gasteiger partial charge in [0.1, 0.15) is 0 Å². The van der Waals surface area contributed by atoms with Crippen molar-refractivity contribution >= 4 is 8.32 Å². The highest BCUT2D eigenvalue weighted by Crippen LogP contribution is 2.36. The zero-order valence-electron chi connectivity index (χ0n) is 12.4. The molecular formula is C14H28O2Si. The molecule has 0 aliphatic heterocycles. The van der Waals surface area contributed by atoms with Crippen LogP contribution in [-0.4, -0.2) is 25.6 Å². The molecule has 0 saturated heterocycles. The highest BCUT2D eigenvalue weighted by Gasteiger charge is 2.36. The number of aliphatic hydroxyl groups is 1. The van der Waals surface area contributed by atoms with Crippen molar-refractivity contribution in [3.63, 3.8) is 0 Å². The molecular weight excluding hydrogens is 228 g/mol. The van der Waals surface area contributed by atoms with E-state index in [1.165, 1.54) is 0 Å². The Balaban J connectivity index is 4.07. The van der Waals surface area contributed by atoms with Gasteiger partial charge in [0.15, 0.2) is 8.32 Å². The van der Waals surface area contributed by atoms with Crippen molar-refractivity contribution in [3.8, 4) is 0 Å². The molecule has 100 valence electrons. The lowest BCUT2D eigenvalue weighted by atomic mass is 10.1. The van der Waals surface area contributed by atoms with Crippen LogP contribution in [-0.2, 0) is 4.43 Å². The minimum Gasteiger partial charge on any atom is -0.416 e. The molecule has 0 aromatic carbocycles. The smallest absolute Gasteiger partial charge is 0.191 e. The van der Waals surface area contributed by atoms with E-state index in [0.29, 0.717) is 0 Å². The summed E-state index contributed by atoms with van der Waals surface area (Å²) < 4.78 is 6.02. The van der Waals surface area contributed by atoms with Crippen LogP contribution in [0.25, 0.3) is 0 Å². The average molecular weight is 256 g/mol. The minimum atomic E-state index is -1.61. The summed E-state index contributed by atoms with van der Waals surface area (Å²) >= 11 is 0. The molecule has 0 amide bonds. The molecule has 0 aliphatic rings. The molecule has 0 spiro atoms. The SMILES string of the molecule is CC(C)(O)C=C=CCCO[Si](C)(C)C(C)(C)C. The summed E-state index contributed by atoms with van der Waals surface area (Å²) in [5, 5.41) is 9.71. The summed E-state index contributed by atoms with van der Waals surface area (Å²) in [6.45, 7) is 15.4. The zero-order valence-corrected chi connectivity index (χ0v) is 13.4. The Bertz CT molecular complexity index is 286. The topological polar surface area (TPSA) is 29.5 Å². The van der Waals surface area contributed by atoms with Gasteiger partial charge >= 0.3 is 0 Å². The molecule has 0 aromatic rings. The molecule has 3 heteroatoms. The van der Waals surface area contributed by atoms with E-state index in [9.17, 15) is 5.11 Å². The first-order valence-corrected chi connectivity index (χ1v) is 9.15. The van der Waals surface area contributed by atoms with Crippen LogP contribution >= 0.6 is 0 Å². The largest absolute Gasteiger partial charge is 0.416 e. The Hall–Kier alpha value is -0.343. The molecule has 0 saturated carbocycles. The molecule has 0 bridgehead atoms. The highest BCUT2D eigenvalue weighted by molar-refractivity contribution is 6.74. The van der Waals surface area contributed by atoms with Gasteiger partial charge in [0, 0.05) is 6.61 Å². The summed E-state index contributed by atoms with van der Waals surface area (Å²) in [6.07, 6.45) is 4.43. The van der Waals surface area contributed by atoms with Gasteiger partial charge in [-0.3, -0.25) is 0 Å². The molecule has 0 radical (unpaired) electrons. The maximum absolute atomic E-state index is 9.45. The predicted octanol–water partition coefficient (Wildman–Crippen LogP) is 3.88. The van der Waals surface area contributed by atoms with Crippen LogP contribution in [0.3, 0.4) is 0 Å². The lowest BCUT2D eigenvalue weighted by Gasteiger charge is -2.36. The first-order valence-electron chi connectivity index (χ1n) is 6.24. The average Bonchev–Trinajstić information content (AvgIpc) is 2.07. The number of hydrogen-bond donors (Lipinski definition) is 1. The molecule has 1 N–H and O–H groups in total. The monoisotopic (exact) mass is 256 g/mol. The van der Waals surface area contributed by atoms with Crippen molar-refractivity contribution in [1.82, 2.24) is 0 Å². The molecule has 0 atom stereocenters. The highest BCUT2D eigenvalue weighted by atomic mass is 28.4. The van der Waals surface area contributed by atoms with Crippen molar-refractivity contribution in [3.05, 3.63) is 17.9 Å². The fourth-order valence-corrected chi connectivity index (χ4v) is 2.00. The Labute approximate surface area is 108 Å². The van der Waals surface area contributed by atoms with Gasteiger partial charge in [0.25, 0.3) is 0 Å². The van der Waals surface area contributed by atoms with Crippen molar-refractivity contribution < 1.29 is 9.53 Å². The van der Waals surface area contributed by atoms with E-state index in [0.717, 1.165) is 13.0 Å². The minimum absolute atomic E-state index is 0.264. The molecule has 0 fully saturated rings. The normalized spacial score (nSPS) is 13.2. The van der Waals surface area contributed by atoms with Crippen LogP contribution in [0.1, 0.15) is 41.0 Å². The third-order valence-electron chi connectivity index (χ3n) is 3.09. The fourth-order valence-electron chi connectivity index (χ4n) is 0.936. The molecule has 0 unspecified atom stereocenters. The lowest BCUT2D eigenvalue weighted by Crippen LogP contribution is -2.40. The number of hydrogen-bond acceptors (Lipinski definition) is 2. The van der Waals surface area contributed by atoms with Gasteiger partial charge in [-0.1, -0.05) is 20.8 Å². The molecule has 0 heterocycles. The standard InChI is InChI=1S/C14H28O2Si/c1-13(2,3)17(6,7)16-12-10-8-9-11-14(4,5)15/h8,11,15H,10,12H2,1-7H3. The third kappa shape index (κ3) is 7.56. The summed E-state index contributed by atoms with van der Waals surface area (Å²) in [6, 6.07) is 0. The second-order valence-corrected chi connectivity index (χ2v) is 11.4. The van der Waals surface area contributed by atoms with Crippen molar-refractivity contribution in [1.29, 1.82) is 0 Å². The van der Waals surface area contributed by atoms with Crippen LogP contribution in [0.2, 0.25) is 18.1 Å². The van der Waals surface area contributed by atoms with E-state index >= 15 is 0 Å². The number of rotatable bonds is 5. The Morgan fingerprint density at radius 3 is 2.12 bits per heavy atom. The summed E-state index contributed by atoms with van der Waals surface area (Å²) in [7, 11) is -1.61. The summed E-state index contributed by atoms with van der Waals surface area (Å²) in [5.74, 6) is 0. The van der Waals surface area contributed by atoms with E-state index in [4.69, 9.17) is 4.43 Å². The molecule has 17 heavy (non-hydrogen) atoms. The van der Waals surface area contributed by atoms with Crippen LogP contribution in [0.15, 0.2) is 17.9 Å². The van der Waals surface area contributed by atoms with Gasteiger partial charge < -0.3 is 9.53 Å². The second-order valence-electron chi connectivity index (χ2n) is 6.57. The Kier molecular flexibility index (Phi) is 5.89. The van der Waals surface area contributed by atoms with E-state index < -0.39 is 13.9 Å². The lowest BCUT2D eigenvalue weighted by molar-refractivity contribution is 0.133. The van der Waals surface area contributed by atoms with Gasteiger partial charge in [-0.25, -0.2) is 0 Å². The molecule has 0 aromatic heterocycles. The van der Waals surface area contributed by atoms with E-state index in [1.54, 1.807) is 19.9 Å². The van der Waals surface area contributed by atoms with Gasteiger partial charge in [-0.2, -0.15) is 0 Å². The quantitative estimate of drug-likeness (QED) is 0.459. The predicted molar refractivity (Wildman–Crippen MR) is 76.7 cm³/mol. The van der Waals surface area contributed by atoms with E-state index in [1.807, 2.05) is 6.08 Å². The van der Waals surface area contributed by atoms with Gasteiger partial charge in [-0.05, 0) is 50.6 Å². The molecule has 0 rings (SSSR count). The Morgan fingerprint density at radius 2 is 1.71 bits per heavy atom. The third-order valence-corrected chi connectivity index (χ3v) is 7.62. The van der Waals surface area contributed by atoms with Crippen molar-refractivity contribution in [2.75, 3.05) is 6.61 Å².